The number of rotatable bonds is 2. The maximum absolute atomic E-state index is 4.51. The highest BCUT2D eigenvalue weighted by molar-refractivity contribution is 14.0. The summed E-state index contributed by atoms with van der Waals surface area (Å²) in [5, 5.41) is 0. The highest BCUT2D eigenvalue weighted by Crippen LogP contribution is 2.05. The summed E-state index contributed by atoms with van der Waals surface area (Å²) in [6, 6.07) is 10.6. The van der Waals surface area contributed by atoms with Gasteiger partial charge in [0.05, 0.1) is 21.1 Å². The molecule has 0 saturated carbocycles. The Bertz CT molecular complexity index is 240. The smallest absolute Gasteiger partial charge is 0.104 e. The third-order valence-corrected chi connectivity index (χ3v) is 1.50. The van der Waals surface area contributed by atoms with Crippen LogP contribution < -0.4 is 28.3 Å². The number of hydrogen-bond donors (Lipinski definition) is 1. The van der Waals surface area contributed by atoms with Crippen LogP contribution in [0.4, 0.5) is 0 Å². The van der Waals surface area contributed by atoms with E-state index in [0.717, 1.165) is 11.0 Å². The molecule has 1 rings (SSSR count). The Morgan fingerprint density at radius 2 is 1.44 bits per heavy atom. The lowest BCUT2D eigenvalue weighted by atomic mass is 10.2. The van der Waals surface area contributed by atoms with E-state index < -0.39 is 0 Å². The van der Waals surface area contributed by atoms with Crippen molar-refractivity contribution >= 4 is 47.5 Å². The molecular weight excluding hydrogens is 473 g/mol. The number of nitrogens with one attached hydrogen (secondary N) is 1. The first-order valence-corrected chi connectivity index (χ1v) is 5.06. The van der Waals surface area contributed by atoms with Crippen molar-refractivity contribution in [3.05, 3.63) is 35.9 Å². The van der Waals surface area contributed by atoms with Crippen molar-refractivity contribution in [3.63, 3.8) is 0 Å². The maximum atomic E-state index is 4.51. The molecule has 0 amide bonds. The van der Waals surface area contributed by atoms with Gasteiger partial charge in [-0.2, -0.15) is 0 Å². The molecule has 0 unspecified atom stereocenters. The first-order chi connectivity index (χ1) is 6.49. The monoisotopic (exact) mass is 490 g/mol. The highest BCUT2D eigenvalue weighted by Gasteiger charge is 2.06. The molecule has 16 heavy (non-hydrogen) atoms. The zero-order chi connectivity index (χ0) is 11.0. The number of hydrogen-bond acceptors (Lipinski definition) is 1. The molecule has 0 atom stereocenters. The van der Waals surface area contributed by atoms with E-state index in [9.17, 15) is 0 Å². The van der Waals surface area contributed by atoms with Crippen molar-refractivity contribution in [2.24, 2.45) is 0 Å². The van der Waals surface area contributed by atoms with Gasteiger partial charge in [-0.1, -0.05) is 30.3 Å². The van der Waals surface area contributed by atoms with Crippen LogP contribution in [0.1, 0.15) is 5.56 Å². The number of quaternary nitrogens is 1. The van der Waals surface area contributed by atoms with E-state index in [2.05, 4.69) is 75.0 Å². The first kappa shape index (κ1) is 22.4. The third kappa shape index (κ3) is 15.2. The molecule has 0 aliphatic carbocycles. The summed E-state index contributed by atoms with van der Waals surface area (Å²) in [4.78, 5) is 0. The standard InChI is InChI=1S/C10H16N.Cl2HN.2HI/c1-11(2,3)9-10-7-5-4-6-8-10;1-3-2;;/h4-8H,9H2,1-3H3;3H;2*1H/q+1;;;/p-1. The third-order valence-electron chi connectivity index (χ3n) is 1.50. The fourth-order valence-corrected chi connectivity index (χ4v) is 1.13. The van der Waals surface area contributed by atoms with Crippen molar-refractivity contribution in [3.8, 4) is 0 Å². The van der Waals surface area contributed by atoms with Crippen LogP contribution >= 0.6 is 47.5 Å². The molecule has 1 aromatic rings. The molecule has 1 aromatic carbocycles. The lowest BCUT2D eigenvalue weighted by Crippen LogP contribution is -3.00. The largest absolute Gasteiger partial charge is 1.00 e. The summed E-state index contributed by atoms with van der Waals surface area (Å²) in [5.74, 6) is 0. The quantitative estimate of drug-likeness (QED) is 0.359. The minimum Gasteiger partial charge on any atom is -1.00 e. The zero-order valence-corrected chi connectivity index (χ0v) is 15.6. The normalized spacial score (nSPS) is 9.06. The second-order valence-electron chi connectivity index (χ2n) is 4.01. The van der Waals surface area contributed by atoms with Crippen LogP contribution in [-0.2, 0) is 6.54 Å². The van der Waals surface area contributed by atoms with Gasteiger partial charge in [0.25, 0.3) is 0 Å². The Kier molecular flexibility index (Phi) is 17.7. The van der Waals surface area contributed by atoms with Gasteiger partial charge in [0.2, 0.25) is 0 Å². The average molecular weight is 491 g/mol. The lowest BCUT2D eigenvalue weighted by Gasteiger charge is -2.23. The van der Waals surface area contributed by atoms with Gasteiger partial charge in [-0.25, -0.2) is 0 Å². The van der Waals surface area contributed by atoms with Crippen LogP contribution in [0.5, 0.6) is 0 Å². The summed E-state index contributed by atoms with van der Waals surface area (Å²) < 4.78 is 2.68. The second kappa shape index (κ2) is 12.6. The van der Waals surface area contributed by atoms with Crippen molar-refractivity contribution in [2.75, 3.05) is 21.1 Å². The van der Waals surface area contributed by atoms with Gasteiger partial charge in [0.1, 0.15) is 6.54 Å². The van der Waals surface area contributed by atoms with E-state index >= 15 is 0 Å². The summed E-state index contributed by atoms with van der Waals surface area (Å²) in [6.07, 6.45) is 0. The molecule has 0 fully saturated rings. The van der Waals surface area contributed by atoms with Crippen LogP contribution in [-0.4, -0.2) is 25.6 Å². The van der Waals surface area contributed by atoms with Crippen LogP contribution in [0.2, 0.25) is 0 Å². The van der Waals surface area contributed by atoms with E-state index in [4.69, 9.17) is 0 Å². The van der Waals surface area contributed by atoms with Crippen molar-refractivity contribution < 1.29 is 28.5 Å². The first-order valence-electron chi connectivity index (χ1n) is 4.30. The van der Waals surface area contributed by atoms with Crippen molar-refractivity contribution in [1.82, 2.24) is 4.35 Å². The topological polar surface area (TPSA) is 12.0 Å². The molecule has 1 N–H and O–H groups in total. The number of halogens is 4. The fraction of sp³-hybridized carbons (Fsp3) is 0.400. The van der Waals surface area contributed by atoms with E-state index in [1.807, 2.05) is 0 Å². The minimum absolute atomic E-state index is 0. The predicted molar refractivity (Wildman–Crippen MR) is 78.4 cm³/mol. The van der Waals surface area contributed by atoms with Crippen LogP contribution in [0.15, 0.2) is 30.3 Å². The SMILES string of the molecule is C[N+](C)(C)Cc1ccccc1.ClNCl.I.[I-]. The van der Waals surface area contributed by atoms with Gasteiger partial charge < -0.3 is 28.5 Å². The molecule has 2 nitrogen and oxygen atoms in total. The van der Waals surface area contributed by atoms with Crippen LogP contribution in [0.25, 0.3) is 0 Å². The Morgan fingerprint density at radius 3 is 1.75 bits per heavy atom. The molecule has 0 bridgehead atoms. The van der Waals surface area contributed by atoms with Crippen molar-refractivity contribution in [1.29, 1.82) is 0 Å². The Labute approximate surface area is 143 Å². The van der Waals surface area contributed by atoms with Gasteiger partial charge in [0.15, 0.2) is 0 Å². The Morgan fingerprint density at radius 1 is 1.06 bits per heavy atom. The molecule has 0 spiro atoms. The van der Waals surface area contributed by atoms with Gasteiger partial charge in [-0.3, -0.25) is 0 Å². The Balaban J connectivity index is -0.000000306. The average Bonchev–Trinajstić information content (AvgIpc) is 2.04. The molecule has 0 aliphatic rings. The molecule has 0 radical (unpaired) electrons. The number of benzene rings is 1. The van der Waals surface area contributed by atoms with E-state index in [1.54, 1.807) is 4.35 Å². The summed E-state index contributed by atoms with van der Waals surface area (Å²) in [6.45, 7) is 1.10. The number of nitrogens with zero attached hydrogens (tertiary/aromatic N) is 1. The minimum atomic E-state index is 0. The zero-order valence-electron chi connectivity index (χ0n) is 9.58. The van der Waals surface area contributed by atoms with E-state index in [1.165, 1.54) is 5.56 Å². The molecule has 96 valence electrons. The second-order valence-corrected chi connectivity index (χ2v) is 4.58. The summed E-state index contributed by atoms with van der Waals surface area (Å²) >= 11 is 9.03. The van der Waals surface area contributed by atoms with Crippen LogP contribution in [0, 0.1) is 0 Å². The molecule has 0 saturated heterocycles. The van der Waals surface area contributed by atoms with Crippen molar-refractivity contribution in [2.45, 2.75) is 6.54 Å². The molecule has 6 heteroatoms. The Hall–Kier alpha value is 1.18. The van der Waals surface area contributed by atoms with E-state index in [-0.39, 0.29) is 48.0 Å². The highest BCUT2D eigenvalue weighted by atomic mass is 127. The van der Waals surface area contributed by atoms with Gasteiger partial charge in [-0.15, -0.1) is 28.3 Å². The van der Waals surface area contributed by atoms with Gasteiger partial charge in [-0.05, 0) is 23.6 Å². The van der Waals surface area contributed by atoms with Gasteiger partial charge in [0, 0.05) is 5.56 Å². The summed E-state index contributed by atoms with van der Waals surface area (Å²) in [5.41, 5.74) is 1.40. The maximum Gasteiger partial charge on any atom is 0.104 e. The summed E-state index contributed by atoms with van der Waals surface area (Å²) in [7, 11) is 6.60. The molecular formula is C10H18Cl2I2N2. The van der Waals surface area contributed by atoms with Crippen LogP contribution in [0.3, 0.4) is 0 Å². The molecule has 0 aromatic heterocycles. The molecule has 0 aliphatic heterocycles. The predicted octanol–water partition coefficient (Wildman–Crippen LogP) is 0.398. The lowest BCUT2D eigenvalue weighted by molar-refractivity contribution is -0.884. The molecule has 0 heterocycles. The van der Waals surface area contributed by atoms with E-state index in [0.29, 0.717) is 0 Å². The van der Waals surface area contributed by atoms with Gasteiger partial charge >= 0.3 is 0 Å². The fourth-order valence-electron chi connectivity index (χ4n) is 1.13.